The fraction of sp³-hybridized carbons (Fsp3) is 0.789. The lowest BCUT2D eigenvalue weighted by Crippen LogP contribution is -2.60. The van der Waals surface area contributed by atoms with E-state index >= 15 is 0 Å². The van der Waals surface area contributed by atoms with Crippen molar-refractivity contribution in [1.29, 1.82) is 0 Å². The molecule has 1 unspecified atom stereocenters. The Kier molecular flexibility index (Phi) is 9.78. The topological polar surface area (TPSA) is 49.0 Å². The van der Waals surface area contributed by atoms with Crippen LogP contribution in [0.2, 0.25) is 58.9 Å². The van der Waals surface area contributed by atoms with Gasteiger partial charge in [0.2, 0.25) is 0 Å². The molecule has 1 rings (SSSR count). The normalized spacial score (nSPS) is 28.0. The highest BCUT2D eigenvalue weighted by atomic mass is 32.2. The van der Waals surface area contributed by atoms with E-state index in [1.165, 1.54) is 0 Å². The second kappa shape index (κ2) is 10.3. The van der Waals surface area contributed by atoms with Crippen molar-refractivity contribution in [3.05, 3.63) is 23.6 Å². The third-order valence-electron chi connectivity index (χ3n) is 3.90. The van der Waals surface area contributed by atoms with Crippen molar-refractivity contribution in [2.24, 2.45) is 0 Å². The SMILES string of the molecule is C=C(C)C(NP)=C1O[C@H](SC)[C@H](O[Si](C)(C)C)[C@@H](O[Si](C)(C)C)[C@H]1O[Si](C)(C)C. The molecule has 0 bridgehead atoms. The summed E-state index contributed by atoms with van der Waals surface area (Å²) in [5, 5.41) is 3.20. The van der Waals surface area contributed by atoms with Crippen LogP contribution in [0.1, 0.15) is 6.92 Å². The maximum Gasteiger partial charge on any atom is 0.184 e. The Hall–Kier alpha value is 0.391. The van der Waals surface area contributed by atoms with Crippen LogP contribution in [0.25, 0.3) is 0 Å². The summed E-state index contributed by atoms with van der Waals surface area (Å²) < 4.78 is 26.7. The number of hydrogen-bond donors (Lipinski definition) is 1. The van der Waals surface area contributed by atoms with Gasteiger partial charge in [0.05, 0.1) is 5.70 Å². The van der Waals surface area contributed by atoms with Crippen LogP contribution in [0.4, 0.5) is 0 Å². The van der Waals surface area contributed by atoms with Crippen LogP contribution >= 0.6 is 21.2 Å². The highest BCUT2D eigenvalue weighted by Gasteiger charge is 2.50. The predicted molar refractivity (Wildman–Crippen MR) is 138 cm³/mol. The minimum Gasteiger partial charge on any atom is -0.476 e. The van der Waals surface area contributed by atoms with Gasteiger partial charge in [0.1, 0.15) is 18.3 Å². The molecule has 0 aromatic rings. The highest BCUT2D eigenvalue weighted by Crippen LogP contribution is 2.39. The molecule has 1 N–H and O–H groups in total. The Morgan fingerprint density at radius 2 is 1.38 bits per heavy atom. The standard InChI is InChI=1S/C19H42NO4PSSi3/c1-13(2)14(20-25)15-16(22-27(4,5)6)17(23-28(7,8)9)18(19(21-15)26-3)24-29(10,11)12/h16-20H,1,25H2,2-12H3/t16-,17-,18+,19+/m0/s1. The summed E-state index contributed by atoms with van der Waals surface area (Å²) in [5.74, 6) is 0.771. The zero-order valence-corrected chi connectivity index (χ0v) is 25.1. The van der Waals surface area contributed by atoms with Crippen molar-refractivity contribution in [2.75, 3.05) is 6.26 Å². The van der Waals surface area contributed by atoms with Gasteiger partial charge < -0.3 is 23.1 Å². The molecular formula is C19H42NO4PSSi3. The summed E-state index contributed by atoms with van der Waals surface area (Å²) in [7, 11) is -3.08. The number of nitrogens with one attached hydrogen (secondary N) is 1. The smallest absolute Gasteiger partial charge is 0.184 e. The minimum atomic E-state index is -1.91. The lowest BCUT2D eigenvalue weighted by atomic mass is 10.0. The van der Waals surface area contributed by atoms with E-state index in [0.29, 0.717) is 0 Å². The van der Waals surface area contributed by atoms with E-state index in [2.05, 4.69) is 86.2 Å². The van der Waals surface area contributed by atoms with E-state index in [0.717, 1.165) is 17.0 Å². The first-order valence-electron chi connectivity index (χ1n) is 10.1. The average molecular weight is 496 g/mol. The van der Waals surface area contributed by atoms with Crippen molar-refractivity contribution in [3.63, 3.8) is 0 Å². The second-order valence-electron chi connectivity index (χ2n) is 10.4. The minimum absolute atomic E-state index is 0.174. The molecule has 0 radical (unpaired) electrons. The summed E-state index contributed by atoms with van der Waals surface area (Å²) in [6, 6.07) is 0. The maximum atomic E-state index is 6.77. The van der Waals surface area contributed by atoms with E-state index < -0.39 is 25.0 Å². The highest BCUT2D eigenvalue weighted by molar-refractivity contribution is 7.99. The molecule has 1 aliphatic heterocycles. The zero-order valence-electron chi connectivity index (χ0n) is 20.1. The monoisotopic (exact) mass is 495 g/mol. The van der Waals surface area contributed by atoms with Crippen LogP contribution < -0.4 is 5.09 Å². The molecule has 0 aromatic carbocycles. The van der Waals surface area contributed by atoms with Gasteiger partial charge in [-0.1, -0.05) is 6.58 Å². The van der Waals surface area contributed by atoms with Gasteiger partial charge >= 0.3 is 0 Å². The number of allylic oxidation sites excluding steroid dienone is 1. The fourth-order valence-corrected chi connectivity index (χ4v) is 7.41. The van der Waals surface area contributed by atoms with Gasteiger partial charge in [-0.3, -0.25) is 0 Å². The van der Waals surface area contributed by atoms with Crippen molar-refractivity contribution in [3.8, 4) is 0 Å². The number of rotatable bonds is 9. The van der Waals surface area contributed by atoms with E-state index in [1.807, 2.05) is 6.92 Å². The first-order chi connectivity index (χ1) is 13.0. The Bertz CT molecular complexity index is 614. The van der Waals surface area contributed by atoms with Gasteiger partial charge in [-0.05, 0) is 87.1 Å². The Morgan fingerprint density at radius 3 is 1.72 bits per heavy atom. The summed E-state index contributed by atoms with van der Waals surface area (Å²) in [5.41, 5.74) is 1.58. The van der Waals surface area contributed by atoms with Crippen LogP contribution in [0, 0.1) is 0 Å². The fourth-order valence-electron chi connectivity index (χ4n) is 3.09. The molecule has 29 heavy (non-hydrogen) atoms. The van der Waals surface area contributed by atoms with Gasteiger partial charge in [0, 0.05) is 0 Å². The van der Waals surface area contributed by atoms with Crippen molar-refractivity contribution in [2.45, 2.75) is 89.6 Å². The summed E-state index contributed by atoms with van der Waals surface area (Å²) in [6.07, 6.45) is 1.30. The summed E-state index contributed by atoms with van der Waals surface area (Å²) in [6.45, 7) is 26.0. The molecule has 0 aliphatic carbocycles. The Morgan fingerprint density at radius 1 is 0.931 bits per heavy atom. The number of thioether (sulfide) groups is 1. The van der Waals surface area contributed by atoms with E-state index in [-0.39, 0.29) is 23.7 Å². The van der Waals surface area contributed by atoms with Crippen LogP contribution in [0.5, 0.6) is 0 Å². The largest absolute Gasteiger partial charge is 0.476 e. The molecule has 0 aromatic heterocycles. The molecule has 0 saturated carbocycles. The molecule has 1 heterocycles. The molecule has 170 valence electrons. The molecular weight excluding hydrogens is 454 g/mol. The van der Waals surface area contributed by atoms with Crippen LogP contribution in [0.15, 0.2) is 23.6 Å². The zero-order chi connectivity index (χ0) is 22.8. The molecule has 0 amide bonds. The molecule has 1 fully saturated rings. The number of ether oxygens (including phenoxy) is 1. The van der Waals surface area contributed by atoms with Gasteiger partial charge in [-0.15, -0.1) is 11.8 Å². The Balaban J connectivity index is 3.65. The quantitative estimate of drug-likeness (QED) is 0.335. The van der Waals surface area contributed by atoms with E-state index in [4.69, 9.17) is 18.0 Å². The maximum absolute atomic E-state index is 6.77. The Labute approximate surface area is 188 Å². The van der Waals surface area contributed by atoms with Crippen LogP contribution in [0.3, 0.4) is 0 Å². The second-order valence-corrected chi connectivity index (χ2v) is 25.0. The lowest BCUT2D eigenvalue weighted by molar-refractivity contribution is -0.111. The summed E-state index contributed by atoms with van der Waals surface area (Å²) >= 11 is 1.66. The van der Waals surface area contributed by atoms with Gasteiger partial charge in [-0.2, -0.15) is 0 Å². The molecule has 5 atom stereocenters. The lowest BCUT2D eigenvalue weighted by Gasteiger charge is -2.48. The van der Waals surface area contributed by atoms with Crippen molar-refractivity contribution < 1.29 is 18.0 Å². The predicted octanol–water partition coefficient (Wildman–Crippen LogP) is 5.53. The summed E-state index contributed by atoms with van der Waals surface area (Å²) in [4.78, 5) is 0. The third kappa shape index (κ3) is 8.80. The van der Waals surface area contributed by atoms with E-state index in [1.54, 1.807) is 11.8 Å². The van der Waals surface area contributed by atoms with Crippen molar-refractivity contribution in [1.82, 2.24) is 5.09 Å². The first kappa shape index (κ1) is 27.4. The van der Waals surface area contributed by atoms with Gasteiger partial charge in [-0.25, -0.2) is 0 Å². The average Bonchev–Trinajstić information content (AvgIpc) is 2.49. The van der Waals surface area contributed by atoms with Gasteiger partial charge in [0.25, 0.3) is 0 Å². The number of hydrogen-bond acceptors (Lipinski definition) is 6. The molecule has 1 aliphatic rings. The molecule has 10 heteroatoms. The molecule has 0 spiro atoms. The van der Waals surface area contributed by atoms with E-state index in [9.17, 15) is 0 Å². The third-order valence-corrected chi connectivity index (χ3v) is 7.94. The molecule has 5 nitrogen and oxygen atoms in total. The molecule has 1 saturated heterocycles. The van der Waals surface area contributed by atoms with Crippen LogP contribution in [-0.4, -0.2) is 55.0 Å². The first-order valence-corrected chi connectivity index (χ1v) is 22.2. The van der Waals surface area contributed by atoms with Crippen molar-refractivity contribution >= 4 is 46.1 Å². The van der Waals surface area contributed by atoms with Gasteiger partial charge in [0.15, 0.2) is 36.1 Å². The van der Waals surface area contributed by atoms with Crippen LogP contribution in [-0.2, 0) is 18.0 Å².